The van der Waals surface area contributed by atoms with Crippen molar-refractivity contribution in [3.05, 3.63) is 23.9 Å². The summed E-state index contributed by atoms with van der Waals surface area (Å²) in [5.41, 5.74) is 0.618. The van der Waals surface area contributed by atoms with E-state index >= 15 is 0 Å². The van der Waals surface area contributed by atoms with E-state index in [1.165, 1.54) is 12.2 Å². The number of rotatable bonds is 4. The first kappa shape index (κ1) is 19.9. The van der Waals surface area contributed by atoms with E-state index in [2.05, 4.69) is 4.74 Å². The second-order valence-electron chi connectivity index (χ2n) is 7.87. The second kappa shape index (κ2) is 7.66. The number of allylic oxidation sites excluding steroid dienone is 1. The van der Waals surface area contributed by atoms with Crippen LogP contribution in [0.2, 0.25) is 0 Å². The van der Waals surface area contributed by atoms with Crippen LogP contribution in [0.4, 0.5) is 13.2 Å². The van der Waals surface area contributed by atoms with Gasteiger partial charge in [-0.2, -0.15) is 0 Å². The van der Waals surface area contributed by atoms with Gasteiger partial charge in [0, 0.05) is 31.8 Å². The molecule has 0 spiro atoms. The van der Waals surface area contributed by atoms with E-state index in [9.17, 15) is 22.8 Å². The Balaban J connectivity index is 1.61. The van der Waals surface area contributed by atoms with E-state index < -0.39 is 12.5 Å². The van der Waals surface area contributed by atoms with E-state index in [1.807, 2.05) is 13.8 Å². The molecule has 2 amide bonds. The molecule has 0 aromatic rings. The maximum absolute atomic E-state index is 12.9. The Bertz CT molecular complexity index is 657. The van der Waals surface area contributed by atoms with Gasteiger partial charge < -0.3 is 9.80 Å². The quantitative estimate of drug-likeness (QED) is 0.746. The monoisotopic (exact) mass is 386 g/mol. The molecule has 8 heteroatoms. The van der Waals surface area contributed by atoms with Crippen LogP contribution < -0.4 is 0 Å². The third-order valence-corrected chi connectivity index (χ3v) is 5.32. The zero-order valence-corrected chi connectivity index (χ0v) is 15.5. The van der Waals surface area contributed by atoms with Gasteiger partial charge in [-0.3, -0.25) is 14.3 Å². The average molecular weight is 386 g/mol. The SMILES string of the molecule is CC(C)CC(=O)N1CC2CCN(C3=CCC(OC(F)(F)F)C=C3)C(=O)[C@@H]2C1. The lowest BCUT2D eigenvalue weighted by Gasteiger charge is -2.35. The van der Waals surface area contributed by atoms with Crippen LogP contribution in [0.25, 0.3) is 0 Å². The Kier molecular flexibility index (Phi) is 5.65. The summed E-state index contributed by atoms with van der Waals surface area (Å²) >= 11 is 0. The van der Waals surface area contributed by atoms with Gasteiger partial charge in [-0.05, 0) is 30.8 Å². The molecule has 2 saturated heterocycles. The van der Waals surface area contributed by atoms with Gasteiger partial charge in [0.2, 0.25) is 11.8 Å². The van der Waals surface area contributed by atoms with Crippen molar-refractivity contribution in [1.29, 1.82) is 0 Å². The number of hydrogen-bond donors (Lipinski definition) is 0. The summed E-state index contributed by atoms with van der Waals surface area (Å²) in [5, 5.41) is 0. The molecule has 2 unspecified atom stereocenters. The predicted octanol–water partition coefficient (Wildman–Crippen LogP) is 3.09. The summed E-state index contributed by atoms with van der Waals surface area (Å²) in [6.07, 6.45) is 0.0838. The number of hydrogen-bond acceptors (Lipinski definition) is 3. The molecule has 0 radical (unpaired) electrons. The Morgan fingerprint density at radius 3 is 2.67 bits per heavy atom. The van der Waals surface area contributed by atoms with Gasteiger partial charge in [0.1, 0.15) is 0 Å². The summed E-state index contributed by atoms with van der Waals surface area (Å²) in [6.45, 7) is 5.55. The molecule has 0 N–H and O–H groups in total. The average Bonchev–Trinajstić information content (AvgIpc) is 2.99. The van der Waals surface area contributed by atoms with Gasteiger partial charge in [0.05, 0.1) is 12.0 Å². The van der Waals surface area contributed by atoms with Crippen LogP contribution >= 0.6 is 0 Å². The lowest BCUT2D eigenvalue weighted by Crippen LogP contribution is -2.44. The van der Waals surface area contributed by atoms with Gasteiger partial charge in [-0.25, -0.2) is 0 Å². The van der Waals surface area contributed by atoms with Crippen molar-refractivity contribution in [2.75, 3.05) is 19.6 Å². The molecule has 27 heavy (non-hydrogen) atoms. The first-order valence-corrected chi connectivity index (χ1v) is 9.36. The first-order valence-electron chi connectivity index (χ1n) is 9.36. The highest BCUT2D eigenvalue weighted by atomic mass is 19.4. The highest BCUT2D eigenvalue weighted by Gasteiger charge is 2.45. The maximum Gasteiger partial charge on any atom is 0.523 e. The second-order valence-corrected chi connectivity index (χ2v) is 7.87. The van der Waals surface area contributed by atoms with Crippen molar-refractivity contribution in [2.45, 2.75) is 45.6 Å². The van der Waals surface area contributed by atoms with Crippen molar-refractivity contribution in [2.24, 2.45) is 17.8 Å². The maximum atomic E-state index is 12.9. The Labute approximate surface area is 156 Å². The molecule has 150 valence electrons. The number of amides is 2. The third-order valence-electron chi connectivity index (χ3n) is 5.32. The molecule has 0 bridgehead atoms. The zero-order valence-electron chi connectivity index (χ0n) is 15.5. The molecule has 5 nitrogen and oxygen atoms in total. The number of carbonyl (C=O) groups excluding carboxylic acids is 2. The van der Waals surface area contributed by atoms with Crippen molar-refractivity contribution >= 4 is 11.8 Å². The molecule has 3 rings (SSSR count). The normalized spacial score (nSPS) is 28.6. The van der Waals surface area contributed by atoms with E-state index in [0.29, 0.717) is 31.8 Å². The minimum Gasteiger partial charge on any atom is -0.342 e. The summed E-state index contributed by atoms with van der Waals surface area (Å²) in [5.74, 6) is 0.254. The molecule has 2 heterocycles. The zero-order chi connectivity index (χ0) is 19.8. The molecule has 2 fully saturated rings. The van der Waals surface area contributed by atoms with Gasteiger partial charge >= 0.3 is 6.36 Å². The molecule has 3 atom stereocenters. The Morgan fingerprint density at radius 1 is 1.33 bits per heavy atom. The molecule has 3 aliphatic rings. The molecule has 2 aliphatic heterocycles. The lowest BCUT2D eigenvalue weighted by molar-refractivity contribution is -0.336. The van der Waals surface area contributed by atoms with Crippen LogP contribution in [-0.2, 0) is 14.3 Å². The van der Waals surface area contributed by atoms with E-state index in [-0.39, 0.29) is 36.0 Å². The Morgan fingerprint density at radius 2 is 2.07 bits per heavy atom. The molecular weight excluding hydrogens is 361 g/mol. The van der Waals surface area contributed by atoms with Gasteiger partial charge in [0.15, 0.2) is 0 Å². The van der Waals surface area contributed by atoms with Crippen LogP contribution in [0.3, 0.4) is 0 Å². The molecule has 0 aromatic heterocycles. The lowest BCUT2D eigenvalue weighted by atomic mass is 9.87. The van der Waals surface area contributed by atoms with Crippen LogP contribution in [-0.4, -0.2) is 53.7 Å². The summed E-state index contributed by atoms with van der Waals surface area (Å²) in [6, 6.07) is 0. The number of ether oxygens (including phenoxy) is 1. The van der Waals surface area contributed by atoms with Crippen LogP contribution in [0.5, 0.6) is 0 Å². The number of likely N-dealkylation sites (tertiary alicyclic amines) is 2. The smallest absolute Gasteiger partial charge is 0.342 e. The highest BCUT2D eigenvalue weighted by Crippen LogP contribution is 2.35. The number of fused-ring (bicyclic) bond motifs is 1. The van der Waals surface area contributed by atoms with Crippen molar-refractivity contribution in [3.8, 4) is 0 Å². The molecule has 1 aliphatic carbocycles. The fourth-order valence-corrected chi connectivity index (χ4v) is 4.04. The highest BCUT2D eigenvalue weighted by molar-refractivity contribution is 5.85. The number of nitrogens with zero attached hydrogens (tertiary/aromatic N) is 2. The number of alkyl halides is 3. The van der Waals surface area contributed by atoms with Crippen LogP contribution in [0.15, 0.2) is 23.9 Å². The van der Waals surface area contributed by atoms with Gasteiger partial charge in [-0.1, -0.05) is 26.0 Å². The first-order chi connectivity index (χ1) is 12.6. The van der Waals surface area contributed by atoms with Crippen molar-refractivity contribution in [3.63, 3.8) is 0 Å². The Hall–Kier alpha value is -1.83. The third kappa shape index (κ3) is 4.72. The van der Waals surface area contributed by atoms with E-state index in [4.69, 9.17) is 0 Å². The fraction of sp³-hybridized carbons (Fsp3) is 0.684. The largest absolute Gasteiger partial charge is 0.523 e. The standard InChI is InChI=1S/C19H25F3N2O3/c1-12(2)9-17(25)23-10-13-7-8-24(18(26)16(13)11-23)14-3-5-15(6-4-14)27-19(20,21)22/h3-5,12-13,15-16H,6-11H2,1-2H3/t13?,15?,16-/m1/s1. The van der Waals surface area contributed by atoms with Gasteiger partial charge in [0.25, 0.3) is 0 Å². The number of carbonyl (C=O) groups is 2. The van der Waals surface area contributed by atoms with Gasteiger partial charge in [-0.15, -0.1) is 13.2 Å². The summed E-state index contributed by atoms with van der Waals surface area (Å²) in [7, 11) is 0. The summed E-state index contributed by atoms with van der Waals surface area (Å²) in [4.78, 5) is 28.6. The molecule has 0 saturated carbocycles. The summed E-state index contributed by atoms with van der Waals surface area (Å²) < 4.78 is 40.9. The number of halogens is 3. The van der Waals surface area contributed by atoms with Crippen LogP contribution in [0, 0.1) is 17.8 Å². The van der Waals surface area contributed by atoms with E-state index in [0.717, 1.165) is 6.42 Å². The molecule has 0 aromatic carbocycles. The van der Waals surface area contributed by atoms with E-state index in [1.54, 1.807) is 15.9 Å². The fourth-order valence-electron chi connectivity index (χ4n) is 4.04. The minimum atomic E-state index is -4.68. The number of piperidine rings is 1. The van der Waals surface area contributed by atoms with Crippen molar-refractivity contribution < 1.29 is 27.5 Å². The van der Waals surface area contributed by atoms with Crippen LogP contribution in [0.1, 0.15) is 33.1 Å². The van der Waals surface area contributed by atoms with Crippen molar-refractivity contribution in [1.82, 2.24) is 9.80 Å². The topological polar surface area (TPSA) is 49.9 Å². The predicted molar refractivity (Wildman–Crippen MR) is 92.1 cm³/mol. The molecular formula is C19H25F3N2O3. The minimum absolute atomic E-state index is 0.0443.